The molecule has 3 heterocycles. The summed E-state index contributed by atoms with van der Waals surface area (Å²) in [6.45, 7) is -1.70. The van der Waals surface area contributed by atoms with Crippen molar-refractivity contribution in [3.8, 4) is 0 Å². The summed E-state index contributed by atoms with van der Waals surface area (Å²) in [6.07, 6.45) is 4.74. The lowest BCUT2D eigenvalue weighted by Crippen LogP contribution is -2.41. The van der Waals surface area contributed by atoms with Crippen LogP contribution in [0.5, 0.6) is 0 Å². The fourth-order valence-corrected chi connectivity index (χ4v) is 4.51. The molecule has 6 nitrogen and oxygen atoms in total. The number of rotatable bonds is 5. The van der Waals surface area contributed by atoms with Gasteiger partial charge in [0, 0.05) is 18.4 Å². The molecule has 3 atom stereocenters. The number of nitrogens with zero attached hydrogens (tertiary/aromatic N) is 2. The predicted molar refractivity (Wildman–Crippen MR) is 112 cm³/mol. The van der Waals surface area contributed by atoms with Crippen LogP contribution in [0.3, 0.4) is 0 Å². The molecule has 1 aromatic carbocycles. The number of ether oxygens (including phenoxy) is 2. The summed E-state index contributed by atoms with van der Waals surface area (Å²) in [5.74, 6) is 0.919. The maximum atomic E-state index is 13.5. The molecule has 8 heteroatoms. The molecule has 31 heavy (non-hydrogen) atoms. The first kappa shape index (κ1) is 20.3. The first-order chi connectivity index (χ1) is 15.1. The summed E-state index contributed by atoms with van der Waals surface area (Å²) < 4.78 is 35.0. The molecule has 3 unspecified atom stereocenters. The second-order valence-electron chi connectivity index (χ2n) is 8.39. The van der Waals surface area contributed by atoms with Gasteiger partial charge < -0.3 is 19.7 Å². The molecule has 0 bridgehead atoms. The van der Waals surface area contributed by atoms with Crippen LogP contribution in [0.25, 0.3) is 0 Å². The van der Waals surface area contributed by atoms with E-state index in [0.717, 1.165) is 47.6 Å². The zero-order valence-electron chi connectivity index (χ0n) is 17.1. The summed E-state index contributed by atoms with van der Waals surface area (Å²) >= 11 is 0. The Bertz CT molecular complexity index is 965. The Morgan fingerprint density at radius 3 is 3.03 bits per heavy atom. The second-order valence-corrected chi connectivity index (χ2v) is 8.39. The van der Waals surface area contributed by atoms with Crippen molar-refractivity contribution >= 4 is 23.1 Å². The van der Waals surface area contributed by atoms with Gasteiger partial charge in [-0.1, -0.05) is 12.1 Å². The van der Waals surface area contributed by atoms with Crippen molar-refractivity contribution in [3.05, 3.63) is 47.7 Å². The first-order valence-corrected chi connectivity index (χ1v) is 10.8. The van der Waals surface area contributed by atoms with E-state index in [1.54, 1.807) is 11.1 Å². The minimum Gasteiger partial charge on any atom is -0.368 e. The van der Waals surface area contributed by atoms with Crippen LogP contribution in [0.15, 0.2) is 36.5 Å². The lowest BCUT2D eigenvalue weighted by Gasteiger charge is -2.29. The van der Waals surface area contributed by atoms with E-state index in [2.05, 4.69) is 15.0 Å². The number of amides is 1. The summed E-state index contributed by atoms with van der Waals surface area (Å²) in [5, 5.41) is 3.36. The molecular formula is C23H25F2N3O3. The van der Waals surface area contributed by atoms with Crippen LogP contribution >= 0.6 is 0 Å². The van der Waals surface area contributed by atoms with Crippen LogP contribution in [0.1, 0.15) is 42.7 Å². The maximum Gasteiger partial charge on any atom is 0.345 e. The summed E-state index contributed by atoms with van der Waals surface area (Å²) in [5.41, 5.74) is 3.53. The minimum absolute atomic E-state index is 0.0472. The van der Waals surface area contributed by atoms with E-state index in [-0.39, 0.29) is 24.3 Å². The second kappa shape index (κ2) is 8.51. The van der Waals surface area contributed by atoms with Crippen molar-refractivity contribution in [2.45, 2.75) is 50.9 Å². The Hall–Kier alpha value is -2.58. The number of nitrogens with one attached hydrogen (secondary N) is 1. The molecule has 1 N–H and O–H groups in total. The van der Waals surface area contributed by atoms with Crippen molar-refractivity contribution in [1.29, 1.82) is 0 Å². The molecule has 1 aliphatic carbocycles. The molecule has 1 aromatic heterocycles. The molecule has 3 aliphatic rings. The number of alkyl halides is 2. The quantitative estimate of drug-likeness (QED) is 0.754. The number of fused-ring (bicyclic) bond motifs is 2. The number of pyridine rings is 1. The van der Waals surface area contributed by atoms with Gasteiger partial charge in [0.2, 0.25) is 0 Å². The van der Waals surface area contributed by atoms with Gasteiger partial charge in [-0.25, -0.2) is 4.98 Å². The van der Waals surface area contributed by atoms with Crippen molar-refractivity contribution < 1.29 is 23.0 Å². The van der Waals surface area contributed by atoms with Gasteiger partial charge in [-0.3, -0.25) is 4.79 Å². The van der Waals surface area contributed by atoms with Gasteiger partial charge >= 0.3 is 6.61 Å². The Morgan fingerprint density at radius 2 is 2.23 bits per heavy atom. The van der Waals surface area contributed by atoms with Gasteiger partial charge in [0.25, 0.3) is 5.91 Å². The lowest BCUT2D eigenvalue weighted by molar-refractivity contribution is -0.133. The van der Waals surface area contributed by atoms with E-state index in [1.807, 2.05) is 30.3 Å². The number of benzene rings is 1. The molecule has 1 amide bonds. The molecule has 0 spiro atoms. The highest BCUT2D eigenvalue weighted by molar-refractivity contribution is 6.01. The van der Waals surface area contributed by atoms with Crippen molar-refractivity contribution in [3.63, 3.8) is 0 Å². The Morgan fingerprint density at radius 1 is 1.32 bits per heavy atom. The molecule has 2 aliphatic heterocycles. The minimum atomic E-state index is -2.74. The highest BCUT2D eigenvalue weighted by atomic mass is 19.3. The number of hydrogen-bond donors (Lipinski definition) is 1. The number of aromatic nitrogens is 1. The Balaban J connectivity index is 1.45. The molecule has 2 fully saturated rings. The summed E-state index contributed by atoms with van der Waals surface area (Å²) in [6, 6.07) is 9.76. The number of hydrogen-bond acceptors (Lipinski definition) is 5. The van der Waals surface area contributed by atoms with Gasteiger partial charge in [0.1, 0.15) is 11.9 Å². The number of anilines is 3. The van der Waals surface area contributed by atoms with Gasteiger partial charge in [0.05, 0.1) is 24.5 Å². The topological polar surface area (TPSA) is 63.7 Å². The Kier molecular flexibility index (Phi) is 5.58. The van der Waals surface area contributed by atoms with Gasteiger partial charge in [-0.15, -0.1) is 0 Å². The van der Waals surface area contributed by atoms with Crippen LogP contribution in [-0.4, -0.2) is 36.8 Å². The van der Waals surface area contributed by atoms with Crippen molar-refractivity contribution in [1.82, 2.24) is 4.98 Å². The monoisotopic (exact) mass is 429 g/mol. The van der Waals surface area contributed by atoms with E-state index in [0.29, 0.717) is 19.6 Å². The van der Waals surface area contributed by atoms with Gasteiger partial charge in [0.15, 0.2) is 0 Å². The van der Waals surface area contributed by atoms with Crippen molar-refractivity contribution in [2.75, 3.05) is 23.4 Å². The normalized spacial score (nSPS) is 24.7. The first-order valence-electron chi connectivity index (χ1n) is 10.8. The predicted octanol–water partition coefficient (Wildman–Crippen LogP) is 4.58. The SMILES string of the molecule is O=C(C1CCCCO1)N1Cc2cccnc2Nc2ccc(C3CC3COC(F)F)cc21. The third-order valence-corrected chi connectivity index (χ3v) is 6.29. The van der Waals surface area contributed by atoms with Crippen LogP contribution in [0.4, 0.5) is 26.0 Å². The zero-order chi connectivity index (χ0) is 21.4. The molecule has 0 radical (unpaired) electrons. The number of halogens is 2. The van der Waals surface area contributed by atoms with Gasteiger partial charge in [-0.2, -0.15) is 8.78 Å². The molecule has 1 saturated heterocycles. The van der Waals surface area contributed by atoms with E-state index < -0.39 is 12.7 Å². The van der Waals surface area contributed by atoms with Crippen LogP contribution in [-0.2, 0) is 20.8 Å². The molecule has 5 rings (SSSR count). The summed E-state index contributed by atoms with van der Waals surface area (Å²) in [4.78, 5) is 19.7. The largest absolute Gasteiger partial charge is 0.368 e. The van der Waals surface area contributed by atoms with Crippen LogP contribution in [0.2, 0.25) is 0 Å². The lowest BCUT2D eigenvalue weighted by atomic mass is 10.0. The molecular weight excluding hydrogens is 404 g/mol. The maximum absolute atomic E-state index is 13.5. The molecule has 2 aromatic rings. The smallest absolute Gasteiger partial charge is 0.345 e. The molecule has 164 valence electrons. The average Bonchev–Trinajstić information content (AvgIpc) is 3.59. The summed E-state index contributed by atoms with van der Waals surface area (Å²) in [7, 11) is 0. The van der Waals surface area contributed by atoms with Gasteiger partial charge in [-0.05, 0) is 61.3 Å². The third-order valence-electron chi connectivity index (χ3n) is 6.29. The molecule has 1 saturated carbocycles. The average molecular weight is 429 g/mol. The third kappa shape index (κ3) is 4.27. The fraction of sp³-hybridized carbons (Fsp3) is 0.478. The fourth-order valence-electron chi connectivity index (χ4n) is 4.51. The van der Waals surface area contributed by atoms with Crippen LogP contribution < -0.4 is 10.2 Å². The van der Waals surface area contributed by atoms with Crippen molar-refractivity contribution in [2.24, 2.45) is 5.92 Å². The highest BCUT2D eigenvalue weighted by Crippen LogP contribution is 2.49. The number of carbonyl (C=O) groups is 1. The van der Waals surface area contributed by atoms with E-state index in [1.165, 1.54) is 0 Å². The number of carbonyl (C=O) groups excluding carboxylic acids is 1. The zero-order valence-corrected chi connectivity index (χ0v) is 17.1. The van der Waals surface area contributed by atoms with E-state index >= 15 is 0 Å². The standard InChI is InChI=1S/C23H25F2N3O3/c24-23(25)31-13-16-10-17(16)14-6-7-18-19(11-14)28(22(29)20-5-1-2-9-30-20)12-15-4-3-8-26-21(15)27-18/h3-4,6-8,11,16-17,20,23H,1-2,5,9-10,12-13H2,(H,26,27). The Labute approximate surface area is 179 Å². The van der Waals surface area contributed by atoms with Crippen LogP contribution in [0, 0.1) is 5.92 Å². The van der Waals surface area contributed by atoms with E-state index in [4.69, 9.17) is 4.74 Å². The van der Waals surface area contributed by atoms with E-state index in [9.17, 15) is 13.6 Å². The highest BCUT2D eigenvalue weighted by Gasteiger charge is 2.40.